The Labute approximate surface area is 186 Å². The van der Waals surface area contributed by atoms with Gasteiger partial charge in [-0.05, 0) is 25.2 Å². The van der Waals surface area contributed by atoms with Crippen molar-refractivity contribution in [1.29, 1.82) is 0 Å². The number of nitrogens with one attached hydrogen (secondary N) is 1. The largest absolute Gasteiger partial charge is 0.442 e. The SMILES string of the molecule is O=C(CCC1CCCCC1)NC1(C(F)(F)F)N=C(c2ccccc2)N(C2CCCC2)C1=O. The lowest BCUT2D eigenvalue weighted by Gasteiger charge is -2.31. The monoisotopic (exact) mass is 449 g/mol. The maximum Gasteiger partial charge on any atom is 0.442 e. The van der Waals surface area contributed by atoms with E-state index < -0.39 is 23.7 Å². The van der Waals surface area contributed by atoms with Crippen molar-refractivity contribution in [2.75, 3.05) is 0 Å². The number of hydrogen-bond acceptors (Lipinski definition) is 3. The Morgan fingerprint density at radius 2 is 1.66 bits per heavy atom. The van der Waals surface area contributed by atoms with Gasteiger partial charge in [-0.15, -0.1) is 0 Å². The van der Waals surface area contributed by atoms with Crippen LogP contribution in [0, 0.1) is 5.92 Å². The molecule has 1 aromatic rings. The number of amidine groups is 1. The molecule has 1 aromatic carbocycles. The van der Waals surface area contributed by atoms with Gasteiger partial charge in [0.05, 0.1) is 0 Å². The van der Waals surface area contributed by atoms with Gasteiger partial charge in [-0.25, -0.2) is 4.99 Å². The van der Waals surface area contributed by atoms with Crippen LogP contribution in [-0.2, 0) is 9.59 Å². The smallest absolute Gasteiger partial charge is 0.316 e. The van der Waals surface area contributed by atoms with Crippen LogP contribution in [-0.4, -0.2) is 40.4 Å². The molecule has 32 heavy (non-hydrogen) atoms. The number of aliphatic imine (C=N–C) groups is 1. The highest BCUT2D eigenvalue weighted by Crippen LogP contribution is 2.41. The Balaban J connectivity index is 1.62. The van der Waals surface area contributed by atoms with Crippen molar-refractivity contribution < 1.29 is 22.8 Å². The highest BCUT2D eigenvalue weighted by atomic mass is 19.4. The molecule has 2 aliphatic carbocycles. The summed E-state index contributed by atoms with van der Waals surface area (Å²) in [5.74, 6) is -1.62. The van der Waals surface area contributed by atoms with Gasteiger partial charge in [-0.1, -0.05) is 75.3 Å². The number of amides is 2. The lowest BCUT2D eigenvalue weighted by Crippen LogP contribution is -2.64. The average Bonchev–Trinajstić information content (AvgIpc) is 3.40. The van der Waals surface area contributed by atoms with Gasteiger partial charge in [-0.2, -0.15) is 13.2 Å². The van der Waals surface area contributed by atoms with E-state index in [0.717, 1.165) is 38.5 Å². The highest BCUT2D eigenvalue weighted by Gasteiger charge is 2.67. The van der Waals surface area contributed by atoms with Crippen LogP contribution in [0.1, 0.15) is 76.2 Å². The lowest BCUT2D eigenvalue weighted by atomic mass is 9.86. The van der Waals surface area contributed by atoms with E-state index in [4.69, 9.17) is 0 Å². The first kappa shape index (κ1) is 22.8. The first-order chi connectivity index (χ1) is 15.3. The molecule has 1 atom stereocenters. The second-order valence-corrected chi connectivity index (χ2v) is 9.21. The molecule has 0 aromatic heterocycles. The van der Waals surface area contributed by atoms with Crippen LogP contribution in [0.25, 0.3) is 0 Å². The number of nitrogens with zero attached hydrogens (tertiary/aromatic N) is 2. The van der Waals surface area contributed by atoms with Crippen LogP contribution in [0.2, 0.25) is 0 Å². The summed E-state index contributed by atoms with van der Waals surface area (Å²) in [5.41, 5.74) is -2.82. The first-order valence-electron chi connectivity index (χ1n) is 11.7. The van der Waals surface area contributed by atoms with E-state index in [1.54, 1.807) is 30.3 Å². The first-order valence-corrected chi connectivity index (χ1v) is 11.7. The standard InChI is InChI=1S/C24H30F3N3O2/c25-24(26,27)23(28-20(31)16-15-17-9-3-1-4-10-17)22(32)30(19-13-7-8-14-19)21(29-23)18-11-5-2-6-12-18/h2,5-6,11-12,17,19H,1,3-4,7-10,13-16H2,(H,28,31). The molecule has 0 bridgehead atoms. The van der Waals surface area contributed by atoms with Gasteiger partial charge in [-0.3, -0.25) is 14.5 Å². The summed E-state index contributed by atoms with van der Waals surface area (Å²) < 4.78 is 43.2. The third-order valence-corrected chi connectivity index (χ3v) is 6.99. The van der Waals surface area contributed by atoms with E-state index in [2.05, 4.69) is 4.99 Å². The second kappa shape index (κ2) is 9.24. The Bertz CT molecular complexity index is 859. The second-order valence-electron chi connectivity index (χ2n) is 9.21. The number of benzene rings is 1. The van der Waals surface area contributed by atoms with E-state index >= 15 is 0 Å². The van der Waals surface area contributed by atoms with Gasteiger partial charge in [0.2, 0.25) is 5.91 Å². The Morgan fingerprint density at radius 1 is 1.03 bits per heavy atom. The zero-order chi connectivity index (χ0) is 22.8. The molecule has 1 unspecified atom stereocenters. The quantitative estimate of drug-likeness (QED) is 0.668. The number of halogens is 3. The molecule has 2 amide bonds. The van der Waals surface area contributed by atoms with E-state index in [1.807, 2.05) is 5.32 Å². The molecular formula is C24H30F3N3O2. The molecule has 1 N–H and O–H groups in total. The van der Waals surface area contributed by atoms with E-state index in [0.29, 0.717) is 30.7 Å². The zero-order valence-electron chi connectivity index (χ0n) is 18.2. The maximum atomic E-state index is 14.4. The van der Waals surface area contributed by atoms with Crippen LogP contribution in [0.3, 0.4) is 0 Å². The van der Waals surface area contributed by atoms with Crippen molar-refractivity contribution in [1.82, 2.24) is 10.2 Å². The molecule has 4 rings (SSSR count). The van der Waals surface area contributed by atoms with Gasteiger partial charge in [0.15, 0.2) is 0 Å². The van der Waals surface area contributed by atoms with Crippen LogP contribution in [0.4, 0.5) is 13.2 Å². The minimum Gasteiger partial charge on any atom is -0.316 e. The van der Waals surface area contributed by atoms with Crippen molar-refractivity contribution in [3.05, 3.63) is 35.9 Å². The molecular weight excluding hydrogens is 419 g/mol. The molecule has 2 fully saturated rings. The van der Waals surface area contributed by atoms with E-state index in [-0.39, 0.29) is 18.3 Å². The predicted molar refractivity (Wildman–Crippen MR) is 115 cm³/mol. The minimum absolute atomic E-state index is 0.00703. The molecule has 1 aliphatic heterocycles. The summed E-state index contributed by atoms with van der Waals surface area (Å²) in [5, 5.41) is 2.03. The molecule has 0 radical (unpaired) electrons. The number of carbonyl (C=O) groups excluding carboxylic acids is 2. The fourth-order valence-electron chi connectivity index (χ4n) is 5.24. The van der Waals surface area contributed by atoms with Gasteiger partial charge in [0, 0.05) is 18.0 Å². The zero-order valence-corrected chi connectivity index (χ0v) is 18.2. The molecule has 3 aliphatic rings. The summed E-state index contributed by atoms with van der Waals surface area (Å²) >= 11 is 0. The maximum absolute atomic E-state index is 14.4. The Hall–Kier alpha value is -2.38. The van der Waals surface area contributed by atoms with Gasteiger partial charge < -0.3 is 5.32 Å². The average molecular weight is 450 g/mol. The number of carbonyl (C=O) groups is 2. The topological polar surface area (TPSA) is 61.8 Å². The summed E-state index contributed by atoms with van der Waals surface area (Å²) in [7, 11) is 0. The van der Waals surface area contributed by atoms with Crippen molar-refractivity contribution in [3.63, 3.8) is 0 Å². The van der Waals surface area contributed by atoms with Gasteiger partial charge in [0.25, 0.3) is 5.91 Å². The Morgan fingerprint density at radius 3 is 2.28 bits per heavy atom. The molecule has 174 valence electrons. The molecule has 2 saturated carbocycles. The summed E-state index contributed by atoms with van der Waals surface area (Å²) in [6, 6.07) is 8.10. The molecule has 0 saturated heterocycles. The predicted octanol–water partition coefficient (Wildman–Crippen LogP) is 4.95. The number of rotatable bonds is 6. The molecule has 5 nitrogen and oxygen atoms in total. The minimum atomic E-state index is -5.04. The molecule has 8 heteroatoms. The lowest BCUT2D eigenvalue weighted by molar-refractivity contribution is -0.200. The van der Waals surface area contributed by atoms with E-state index in [9.17, 15) is 22.8 Å². The molecule has 1 heterocycles. The van der Waals surface area contributed by atoms with Crippen molar-refractivity contribution in [3.8, 4) is 0 Å². The highest BCUT2D eigenvalue weighted by molar-refractivity contribution is 6.16. The van der Waals surface area contributed by atoms with Crippen molar-refractivity contribution >= 4 is 17.6 Å². The van der Waals surface area contributed by atoms with Crippen LogP contribution >= 0.6 is 0 Å². The fourth-order valence-corrected chi connectivity index (χ4v) is 5.24. The normalized spacial score (nSPS) is 25.3. The van der Waals surface area contributed by atoms with Gasteiger partial charge >= 0.3 is 11.8 Å². The summed E-state index contributed by atoms with van der Waals surface area (Å²) in [6.07, 6.45) is 3.78. The molecule has 0 spiro atoms. The van der Waals surface area contributed by atoms with E-state index in [1.165, 1.54) is 11.3 Å². The third kappa shape index (κ3) is 4.41. The summed E-state index contributed by atoms with van der Waals surface area (Å²) in [4.78, 5) is 31.2. The number of hydrogen-bond donors (Lipinski definition) is 1. The Kier molecular flexibility index (Phi) is 6.58. The van der Waals surface area contributed by atoms with Gasteiger partial charge in [0.1, 0.15) is 5.84 Å². The number of alkyl halides is 3. The van der Waals surface area contributed by atoms with Crippen LogP contribution in [0.15, 0.2) is 35.3 Å². The van der Waals surface area contributed by atoms with Crippen LogP contribution < -0.4 is 5.32 Å². The van der Waals surface area contributed by atoms with Crippen LogP contribution in [0.5, 0.6) is 0 Å². The summed E-state index contributed by atoms with van der Waals surface area (Å²) in [6.45, 7) is 0. The fraction of sp³-hybridized carbons (Fsp3) is 0.625. The van der Waals surface area contributed by atoms with Crippen molar-refractivity contribution in [2.45, 2.75) is 88.5 Å². The van der Waals surface area contributed by atoms with Crippen molar-refractivity contribution in [2.24, 2.45) is 10.9 Å². The third-order valence-electron chi connectivity index (χ3n) is 6.99.